The van der Waals surface area contributed by atoms with Crippen molar-refractivity contribution in [3.63, 3.8) is 0 Å². The Bertz CT molecular complexity index is 397. The van der Waals surface area contributed by atoms with Gasteiger partial charge in [-0.05, 0) is 66.2 Å². The lowest BCUT2D eigenvalue weighted by molar-refractivity contribution is -0.185. The molecule has 1 aromatic rings. The lowest BCUT2D eigenvalue weighted by Crippen LogP contribution is -2.38. The second kappa shape index (κ2) is 5.77. The number of halogens is 4. The highest BCUT2D eigenvalue weighted by Gasteiger charge is 2.40. The summed E-state index contributed by atoms with van der Waals surface area (Å²) in [5.41, 5.74) is 1.17. The van der Waals surface area contributed by atoms with Crippen LogP contribution in [-0.4, -0.2) is 24.2 Å². The molecule has 0 radical (unpaired) electrons. The molecule has 0 amide bonds. The Hall–Kier alpha value is -0.300. The quantitative estimate of drug-likeness (QED) is 0.711. The van der Waals surface area contributed by atoms with Crippen molar-refractivity contribution in [3.8, 4) is 0 Å². The molecular formula is C13H15F3IN. The van der Waals surface area contributed by atoms with Crippen LogP contribution < -0.4 is 0 Å². The van der Waals surface area contributed by atoms with Crippen LogP contribution in [0.25, 0.3) is 0 Å². The van der Waals surface area contributed by atoms with Crippen LogP contribution >= 0.6 is 22.6 Å². The van der Waals surface area contributed by atoms with E-state index in [2.05, 4.69) is 33.6 Å². The number of alkyl halides is 3. The van der Waals surface area contributed by atoms with E-state index in [1.807, 2.05) is 18.2 Å². The Labute approximate surface area is 118 Å². The molecule has 0 spiro atoms. The van der Waals surface area contributed by atoms with Crippen molar-refractivity contribution in [1.29, 1.82) is 0 Å². The molecule has 1 heterocycles. The van der Waals surface area contributed by atoms with Crippen molar-refractivity contribution in [3.05, 3.63) is 33.4 Å². The summed E-state index contributed by atoms with van der Waals surface area (Å²) in [5.74, 6) is -1.11. The van der Waals surface area contributed by atoms with E-state index in [4.69, 9.17) is 0 Å². The first kappa shape index (κ1) is 14.1. The summed E-state index contributed by atoms with van der Waals surface area (Å²) in [4.78, 5) is 2.10. The van der Waals surface area contributed by atoms with E-state index in [1.165, 1.54) is 5.56 Å². The maximum atomic E-state index is 12.5. The highest BCUT2D eigenvalue weighted by molar-refractivity contribution is 14.1. The topological polar surface area (TPSA) is 3.24 Å². The van der Waals surface area contributed by atoms with E-state index in [0.717, 1.165) is 10.1 Å². The SMILES string of the molecule is FC(F)(F)C1CCN(Cc2cccc(I)c2)CC1. The highest BCUT2D eigenvalue weighted by atomic mass is 127. The lowest BCUT2D eigenvalue weighted by Gasteiger charge is -2.32. The Kier molecular flexibility index (Phi) is 4.53. The molecule has 5 heteroatoms. The zero-order valence-corrected chi connectivity index (χ0v) is 12.0. The summed E-state index contributed by atoms with van der Waals surface area (Å²) >= 11 is 2.25. The second-order valence-electron chi connectivity index (χ2n) is 4.72. The van der Waals surface area contributed by atoms with Gasteiger partial charge in [-0.1, -0.05) is 12.1 Å². The van der Waals surface area contributed by atoms with Crippen LogP contribution in [0.15, 0.2) is 24.3 Å². The molecule has 100 valence electrons. The van der Waals surface area contributed by atoms with Crippen LogP contribution in [0, 0.1) is 9.49 Å². The monoisotopic (exact) mass is 369 g/mol. The number of hydrogen-bond acceptors (Lipinski definition) is 1. The van der Waals surface area contributed by atoms with E-state index >= 15 is 0 Å². The van der Waals surface area contributed by atoms with Gasteiger partial charge >= 0.3 is 6.18 Å². The molecule has 0 N–H and O–H groups in total. The maximum absolute atomic E-state index is 12.5. The number of rotatable bonds is 2. The number of nitrogens with zero attached hydrogens (tertiary/aromatic N) is 1. The summed E-state index contributed by atoms with van der Waals surface area (Å²) in [5, 5.41) is 0. The zero-order chi connectivity index (χ0) is 13.2. The normalized spacial score (nSPS) is 19.1. The molecule has 0 saturated carbocycles. The largest absolute Gasteiger partial charge is 0.391 e. The van der Waals surface area contributed by atoms with Crippen molar-refractivity contribution < 1.29 is 13.2 Å². The molecule has 1 aliphatic heterocycles. The van der Waals surface area contributed by atoms with Gasteiger partial charge in [0, 0.05) is 10.1 Å². The highest BCUT2D eigenvalue weighted by Crippen LogP contribution is 2.34. The van der Waals surface area contributed by atoms with Crippen molar-refractivity contribution >= 4 is 22.6 Å². The molecule has 0 aliphatic carbocycles. The second-order valence-corrected chi connectivity index (χ2v) is 5.97. The minimum atomic E-state index is -4.02. The van der Waals surface area contributed by atoms with Crippen molar-refractivity contribution in [1.82, 2.24) is 4.90 Å². The van der Waals surface area contributed by atoms with Gasteiger partial charge in [-0.3, -0.25) is 4.90 Å². The fourth-order valence-corrected chi connectivity index (χ4v) is 2.92. The van der Waals surface area contributed by atoms with Gasteiger partial charge in [0.2, 0.25) is 0 Å². The van der Waals surface area contributed by atoms with Gasteiger partial charge in [-0.15, -0.1) is 0 Å². The fraction of sp³-hybridized carbons (Fsp3) is 0.538. The first-order chi connectivity index (χ1) is 8.45. The molecule has 1 saturated heterocycles. The van der Waals surface area contributed by atoms with Crippen molar-refractivity contribution in [2.24, 2.45) is 5.92 Å². The number of piperidine rings is 1. The standard InChI is InChI=1S/C13H15F3IN/c14-13(15,16)11-4-6-18(7-5-11)9-10-2-1-3-12(17)8-10/h1-3,8,11H,4-7,9H2. The summed E-state index contributed by atoms with van der Waals surface area (Å²) in [6, 6.07) is 8.11. The molecule has 18 heavy (non-hydrogen) atoms. The molecule has 0 aromatic heterocycles. The van der Waals surface area contributed by atoms with E-state index in [9.17, 15) is 13.2 Å². The minimum Gasteiger partial charge on any atom is -0.299 e. The third-order valence-electron chi connectivity index (χ3n) is 3.35. The Balaban J connectivity index is 1.87. The molecule has 0 bridgehead atoms. The van der Waals surface area contributed by atoms with Gasteiger partial charge in [0.15, 0.2) is 0 Å². The molecule has 2 rings (SSSR count). The van der Waals surface area contributed by atoms with Crippen molar-refractivity contribution in [2.45, 2.75) is 25.6 Å². The Morgan fingerprint density at radius 3 is 2.44 bits per heavy atom. The Morgan fingerprint density at radius 1 is 1.22 bits per heavy atom. The third-order valence-corrected chi connectivity index (χ3v) is 4.02. The number of likely N-dealkylation sites (tertiary alicyclic amines) is 1. The third kappa shape index (κ3) is 3.85. The first-order valence-electron chi connectivity index (χ1n) is 5.98. The van der Waals surface area contributed by atoms with Gasteiger partial charge in [-0.2, -0.15) is 13.2 Å². The summed E-state index contributed by atoms with van der Waals surface area (Å²) < 4.78 is 38.7. The van der Waals surface area contributed by atoms with Crippen LogP contribution in [0.4, 0.5) is 13.2 Å². The fourth-order valence-electron chi connectivity index (χ4n) is 2.31. The molecule has 1 aromatic carbocycles. The smallest absolute Gasteiger partial charge is 0.299 e. The van der Waals surface area contributed by atoms with Gasteiger partial charge in [0.1, 0.15) is 0 Å². The summed E-state index contributed by atoms with van der Waals surface area (Å²) in [7, 11) is 0. The van der Waals surface area contributed by atoms with E-state index in [-0.39, 0.29) is 12.8 Å². The molecule has 1 fully saturated rings. The summed E-state index contributed by atoms with van der Waals surface area (Å²) in [6.45, 7) is 1.83. The van der Waals surface area contributed by atoms with Crippen LogP contribution in [0.5, 0.6) is 0 Å². The van der Waals surface area contributed by atoms with E-state index < -0.39 is 12.1 Å². The van der Waals surface area contributed by atoms with E-state index in [1.54, 1.807) is 0 Å². The predicted octanol–water partition coefficient (Wildman–Crippen LogP) is 4.07. The van der Waals surface area contributed by atoms with Gasteiger partial charge in [0.05, 0.1) is 5.92 Å². The van der Waals surface area contributed by atoms with Crippen LogP contribution in [0.2, 0.25) is 0 Å². The van der Waals surface area contributed by atoms with Crippen LogP contribution in [0.1, 0.15) is 18.4 Å². The molecule has 0 unspecified atom stereocenters. The zero-order valence-electron chi connectivity index (χ0n) is 9.88. The van der Waals surface area contributed by atoms with Gasteiger partial charge in [0.25, 0.3) is 0 Å². The molecular weight excluding hydrogens is 354 g/mol. The van der Waals surface area contributed by atoms with Crippen LogP contribution in [-0.2, 0) is 6.54 Å². The molecule has 1 aliphatic rings. The maximum Gasteiger partial charge on any atom is 0.391 e. The van der Waals surface area contributed by atoms with E-state index in [0.29, 0.717) is 13.1 Å². The molecule has 0 atom stereocenters. The molecule has 1 nitrogen and oxygen atoms in total. The average molecular weight is 369 g/mol. The minimum absolute atomic E-state index is 0.230. The first-order valence-corrected chi connectivity index (χ1v) is 7.06. The number of hydrogen-bond donors (Lipinski definition) is 0. The average Bonchev–Trinajstić information content (AvgIpc) is 2.28. The predicted molar refractivity (Wildman–Crippen MR) is 73.2 cm³/mol. The lowest BCUT2D eigenvalue weighted by atomic mass is 9.96. The summed E-state index contributed by atoms with van der Waals surface area (Å²) in [6.07, 6.45) is -3.56. The van der Waals surface area contributed by atoms with Gasteiger partial charge < -0.3 is 0 Å². The van der Waals surface area contributed by atoms with Crippen LogP contribution in [0.3, 0.4) is 0 Å². The number of benzene rings is 1. The Morgan fingerprint density at radius 2 is 1.89 bits per heavy atom. The van der Waals surface area contributed by atoms with Crippen molar-refractivity contribution in [2.75, 3.05) is 13.1 Å². The van der Waals surface area contributed by atoms with Gasteiger partial charge in [-0.25, -0.2) is 0 Å².